The second kappa shape index (κ2) is 6.52. The van der Waals surface area contributed by atoms with Gasteiger partial charge in [0.1, 0.15) is 0 Å². The number of anilines is 1. The van der Waals surface area contributed by atoms with Crippen molar-refractivity contribution in [1.82, 2.24) is 10.2 Å². The quantitative estimate of drug-likeness (QED) is 0.559. The number of rotatable bonds is 4. The molecule has 0 aliphatic rings. The largest absolute Gasteiger partial charge is 0.325 e. The summed E-state index contributed by atoms with van der Waals surface area (Å²) in [7, 11) is 0. The topological polar surface area (TPSA) is 118 Å². The first-order chi connectivity index (χ1) is 12.0. The highest BCUT2D eigenvalue weighted by molar-refractivity contribution is 5.96. The van der Waals surface area contributed by atoms with Crippen LogP contribution in [0.3, 0.4) is 0 Å². The van der Waals surface area contributed by atoms with Crippen molar-refractivity contribution in [2.45, 2.75) is 13.3 Å². The summed E-state index contributed by atoms with van der Waals surface area (Å²) in [6, 6.07) is 11.3. The average Bonchev–Trinajstić information content (AvgIpc) is 2.59. The first-order valence-corrected chi connectivity index (χ1v) is 7.47. The third kappa shape index (κ3) is 3.23. The number of carbonyl (C=O) groups is 1. The summed E-state index contributed by atoms with van der Waals surface area (Å²) in [5, 5.41) is 21.0. The van der Waals surface area contributed by atoms with Crippen LogP contribution in [0.25, 0.3) is 10.8 Å². The fourth-order valence-corrected chi connectivity index (χ4v) is 2.61. The lowest BCUT2D eigenvalue weighted by molar-refractivity contribution is -0.385. The Morgan fingerprint density at radius 1 is 1.20 bits per heavy atom. The van der Waals surface area contributed by atoms with Crippen molar-refractivity contribution in [3.8, 4) is 0 Å². The number of aromatic nitrogens is 2. The van der Waals surface area contributed by atoms with Crippen molar-refractivity contribution in [3.05, 3.63) is 74.2 Å². The van der Waals surface area contributed by atoms with Gasteiger partial charge in [-0.1, -0.05) is 24.3 Å². The summed E-state index contributed by atoms with van der Waals surface area (Å²) in [6.07, 6.45) is -0.0700. The Morgan fingerprint density at radius 3 is 2.64 bits per heavy atom. The molecule has 0 saturated heterocycles. The van der Waals surface area contributed by atoms with Gasteiger partial charge in [-0.25, -0.2) is 5.10 Å². The van der Waals surface area contributed by atoms with Crippen molar-refractivity contribution in [2.24, 2.45) is 0 Å². The minimum Gasteiger partial charge on any atom is -0.325 e. The Morgan fingerprint density at radius 2 is 1.92 bits per heavy atom. The lowest BCUT2D eigenvalue weighted by Crippen LogP contribution is -2.19. The minimum absolute atomic E-state index is 0.0644. The highest BCUT2D eigenvalue weighted by Crippen LogP contribution is 2.25. The van der Waals surface area contributed by atoms with Crippen LogP contribution >= 0.6 is 0 Å². The predicted molar refractivity (Wildman–Crippen MR) is 92.5 cm³/mol. The summed E-state index contributed by atoms with van der Waals surface area (Å²) in [5.41, 5.74) is 0.781. The van der Waals surface area contributed by atoms with Crippen LogP contribution in [0, 0.1) is 17.0 Å². The van der Waals surface area contributed by atoms with Gasteiger partial charge in [0.05, 0.1) is 33.7 Å². The first-order valence-electron chi connectivity index (χ1n) is 7.47. The Kier molecular flexibility index (Phi) is 4.25. The number of H-pyrrole nitrogens is 1. The van der Waals surface area contributed by atoms with E-state index >= 15 is 0 Å². The highest BCUT2D eigenvalue weighted by atomic mass is 16.6. The molecule has 0 aliphatic carbocycles. The maximum atomic E-state index is 12.3. The third-order valence-electron chi connectivity index (χ3n) is 3.88. The average molecular weight is 338 g/mol. The first kappa shape index (κ1) is 16.3. The summed E-state index contributed by atoms with van der Waals surface area (Å²) in [6.45, 7) is 1.57. The van der Waals surface area contributed by atoms with Crippen LogP contribution < -0.4 is 10.9 Å². The van der Waals surface area contributed by atoms with Gasteiger partial charge in [0.15, 0.2) is 0 Å². The Bertz CT molecular complexity index is 1040. The maximum absolute atomic E-state index is 12.3. The molecular weight excluding hydrogens is 324 g/mol. The molecule has 2 aromatic carbocycles. The molecule has 0 radical (unpaired) electrons. The van der Waals surface area contributed by atoms with Gasteiger partial charge in [-0.3, -0.25) is 19.7 Å². The van der Waals surface area contributed by atoms with Crippen LogP contribution in [0.4, 0.5) is 11.4 Å². The van der Waals surface area contributed by atoms with Gasteiger partial charge < -0.3 is 5.32 Å². The molecule has 0 bridgehead atoms. The molecule has 126 valence electrons. The summed E-state index contributed by atoms with van der Waals surface area (Å²) < 4.78 is 0. The smallest absolute Gasteiger partial charge is 0.274 e. The number of amides is 1. The lowest BCUT2D eigenvalue weighted by Gasteiger charge is -2.09. The van der Waals surface area contributed by atoms with Gasteiger partial charge in [-0.05, 0) is 19.1 Å². The van der Waals surface area contributed by atoms with E-state index in [0.717, 1.165) is 0 Å². The van der Waals surface area contributed by atoms with Crippen molar-refractivity contribution in [1.29, 1.82) is 0 Å². The SMILES string of the molecule is Cc1c(NC(=O)Cc2n[nH]c(=O)c3ccccc23)cccc1[N+](=O)[O-]. The molecule has 0 saturated carbocycles. The monoisotopic (exact) mass is 338 g/mol. The summed E-state index contributed by atoms with van der Waals surface area (Å²) >= 11 is 0. The molecule has 0 spiro atoms. The van der Waals surface area contributed by atoms with E-state index < -0.39 is 4.92 Å². The molecule has 0 atom stereocenters. The van der Waals surface area contributed by atoms with Gasteiger partial charge in [0.25, 0.3) is 11.2 Å². The third-order valence-corrected chi connectivity index (χ3v) is 3.88. The van der Waals surface area contributed by atoms with Gasteiger partial charge in [0, 0.05) is 11.5 Å². The molecule has 8 heteroatoms. The molecule has 1 heterocycles. The predicted octanol–water partition coefficient (Wildman–Crippen LogP) is 2.32. The molecule has 1 amide bonds. The summed E-state index contributed by atoms with van der Waals surface area (Å²) in [5.74, 6) is -0.381. The number of nitro benzene ring substituents is 1. The zero-order valence-electron chi connectivity index (χ0n) is 13.3. The number of nitro groups is 1. The van der Waals surface area contributed by atoms with Crippen LogP contribution in [-0.4, -0.2) is 21.0 Å². The number of nitrogens with zero attached hydrogens (tertiary/aromatic N) is 2. The van der Waals surface area contributed by atoms with E-state index in [2.05, 4.69) is 15.5 Å². The van der Waals surface area contributed by atoms with E-state index in [9.17, 15) is 19.7 Å². The van der Waals surface area contributed by atoms with E-state index in [4.69, 9.17) is 0 Å². The fourth-order valence-electron chi connectivity index (χ4n) is 2.61. The zero-order valence-corrected chi connectivity index (χ0v) is 13.3. The highest BCUT2D eigenvalue weighted by Gasteiger charge is 2.16. The van der Waals surface area contributed by atoms with Gasteiger partial charge >= 0.3 is 0 Å². The molecule has 3 aromatic rings. The second-order valence-electron chi connectivity index (χ2n) is 5.48. The van der Waals surface area contributed by atoms with Gasteiger partial charge in [0.2, 0.25) is 5.91 Å². The minimum atomic E-state index is -0.498. The van der Waals surface area contributed by atoms with Crippen LogP contribution in [0.2, 0.25) is 0 Å². The standard InChI is InChI=1S/C17H14N4O4/c1-10-13(7-4-8-15(10)21(24)25)18-16(22)9-14-11-5-2-3-6-12(11)17(23)20-19-14/h2-8H,9H2,1H3,(H,18,22)(H,20,23). The molecule has 1 aromatic heterocycles. The van der Waals surface area contributed by atoms with Crippen LogP contribution in [0.5, 0.6) is 0 Å². The summed E-state index contributed by atoms with van der Waals surface area (Å²) in [4.78, 5) is 34.6. The number of hydrogen-bond donors (Lipinski definition) is 2. The molecule has 8 nitrogen and oxygen atoms in total. The lowest BCUT2D eigenvalue weighted by atomic mass is 10.1. The maximum Gasteiger partial charge on any atom is 0.274 e. The van der Waals surface area contributed by atoms with E-state index in [0.29, 0.717) is 27.7 Å². The van der Waals surface area contributed by atoms with Crippen LogP contribution in [-0.2, 0) is 11.2 Å². The molecular formula is C17H14N4O4. The van der Waals surface area contributed by atoms with Crippen LogP contribution in [0.1, 0.15) is 11.3 Å². The Hall–Kier alpha value is -3.55. The normalized spacial score (nSPS) is 10.6. The number of carbonyl (C=O) groups excluding carboxylic acids is 1. The van der Waals surface area contributed by atoms with Crippen molar-refractivity contribution in [2.75, 3.05) is 5.32 Å². The number of aromatic amines is 1. The Balaban J connectivity index is 1.87. The van der Waals surface area contributed by atoms with Gasteiger partial charge in [-0.15, -0.1) is 0 Å². The van der Waals surface area contributed by atoms with Crippen molar-refractivity contribution in [3.63, 3.8) is 0 Å². The van der Waals surface area contributed by atoms with Crippen molar-refractivity contribution >= 4 is 28.1 Å². The zero-order chi connectivity index (χ0) is 18.0. The van der Waals surface area contributed by atoms with E-state index in [1.165, 1.54) is 12.1 Å². The number of fused-ring (bicyclic) bond motifs is 1. The number of benzene rings is 2. The number of hydrogen-bond acceptors (Lipinski definition) is 5. The molecule has 0 fully saturated rings. The molecule has 3 rings (SSSR count). The van der Waals surface area contributed by atoms with E-state index in [-0.39, 0.29) is 23.6 Å². The van der Waals surface area contributed by atoms with Crippen molar-refractivity contribution < 1.29 is 9.72 Å². The fraction of sp³-hybridized carbons (Fsp3) is 0.118. The molecule has 0 unspecified atom stereocenters. The van der Waals surface area contributed by atoms with Crippen LogP contribution in [0.15, 0.2) is 47.3 Å². The van der Waals surface area contributed by atoms with Gasteiger partial charge in [-0.2, -0.15) is 5.10 Å². The molecule has 2 N–H and O–H groups in total. The number of nitrogens with one attached hydrogen (secondary N) is 2. The van der Waals surface area contributed by atoms with E-state index in [1.54, 1.807) is 37.3 Å². The Labute approximate surface area is 141 Å². The molecule has 0 aliphatic heterocycles. The molecule has 25 heavy (non-hydrogen) atoms. The second-order valence-corrected chi connectivity index (χ2v) is 5.48. The van der Waals surface area contributed by atoms with E-state index in [1.807, 2.05) is 0 Å².